The van der Waals surface area contributed by atoms with E-state index in [9.17, 15) is 4.79 Å². The van der Waals surface area contributed by atoms with Gasteiger partial charge in [-0.2, -0.15) is 0 Å². The highest BCUT2D eigenvalue weighted by molar-refractivity contribution is 7.09. The summed E-state index contributed by atoms with van der Waals surface area (Å²) in [5.41, 5.74) is 1.85. The molecule has 8 nitrogen and oxygen atoms in total. The Balaban J connectivity index is 1.29. The maximum Gasteiger partial charge on any atom is 0.338 e. The van der Waals surface area contributed by atoms with Gasteiger partial charge in [-0.3, -0.25) is 0 Å². The number of aromatic nitrogens is 5. The quantitative estimate of drug-likeness (QED) is 0.415. The Morgan fingerprint density at radius 1 is 1.07 bits per heavy atom. The predicted molar refractivity (Wildman–Crippen MR) is 106 cm³/mol. The van der Waals surface area contributed by atoms with Crippen molar-refractivity contribution in [1.29, 1.82) is 0 Å². The number of ether oxygens (including phenoxy) is 2. The molecule has 4 aromatic rings. The van der Waals surface area contributed by atoms with Crippen LogP contribution in [0.4, 0.5) is 0 Å². The van der Waals surface area contributed by atoms with E-state index >= 15 is 0 Å². The SMILES string of the molecule is O=C(OCc1csc(COc2ccc(Cl)cc2)n1)c1ccc(-n2cnnn2)cc1. The van der Waals surface area contributed by atoms with Crippen molar-refractivity contribution in [2.45, 2.75) is 13.2 Å². The molecule has 0 N–H and O–H groups in total. The maximum absolute atomic E-state index is 12.2. The summed E-state index contributed by atoms with van der Waals surface area (Å²) in [7, 11) is 0. The van der Waals surface area contributed by atoms with Crippen molar-refractivity contribution < 1.29 is 14.3 Å². The van der Waals surface area contributed by atoms with Gasteiger partial charge >= 0.3 is 5.97 Å². The number of thiazole rings is 1. The molecule has 0 aliphatic rings. The fraction of sp³-hybridized carbons (Fsp3) is 0.105. The van der Waals surface area contributed by atoms with Crippen LogP contribution in [0.15, 0.2) is 60.2 Å². The zero-order chi connectivity index (χ0) is 20.1. The fourth-order valence-corrected chi connectivity index (χ4v) is 3.23. The van der Waals surface area contributed by atoms with E-state index in [0.29, 0.717) is 28.6 Å². The molecule has 0 aliphatic carbocycles. The van der Waals surface area contributed by atoms with E-state index in [-0.39, 0.29) is 6.61 Å². The van der Waals surface area contributed by atoms with Crippen LogP contribution in [0.5, 0.6) is 5.75 Å². The first kappa shape index (κ1) is 19.0. The van der Waals surface area contributed by atoms with Crippen molar-refractivity contribution >= 4 is 28.9 Å². The van der Waals surface area contributed by atoms with Gasteiger partial charge in [-0.1, -0.05) is 11.6 Å². The Morgan fingerprint density at radius 3 is 2.59 bits per heavy atom. The first-order chi connectivity index (χ1) is 14.2. The topological polar surface area (TPSA) is 92.0 Å². The molecule has 0 spiro atoms. The van der Waals surface area contributed by atoms with Gasteiger partial charge in [0.05, 0.1) is 16.9 Å². The van der Waals surface area contributed by atoms with E-state index < -0.39 is 5.97 Å². The highest BCUT2D eigenvalue weighted by Gasteiger charge is 2.10. The van der Waals surface area contributed by atoms with Crippen LogP contribution in [0.25, 0.3) is 5.69 Å². The second kappa shape index (κ2) is 8.80. The highest BCUT2D eigenvalue weighted by atomic mass is 35.5. The summed E-state index contributed by atoms with van der Waals surface area (Å²) in [6.07, 6.45) is 1.48. The Kier molecular flexibility index (Phi) is 5.78. The first-order valence-corrected chi connectivity index (χ1v) is 9.75. The van der Waals surface area contributed by atoms with Gasteiger partial charge in [-0.25, -0.2) is 14.5 Å². The van der Waals surface area contributed by atoms with Crippen LogP contribution in [-0.2, 0) is 18.0 Å². The molecule has 29 heavy (non-hydrogen) atoms. The number of carbonyl (C=O) groups is 1. The average Bonchev–Trinajstić information content (AvgIpc) is 3.44. The molecule has 0 amide bonds. The van der Waals surface area contributed by atoms with Crippen LogP contribution in [-0.4, -0.2) is 31.2 Å². The minimum atomic E-state index is -0.430. The molecule has 2 aromatic carbocycles. The Labute approximate surface area is 174 Å². The van der Waals surface area contributed by atoms with Crippen molar-refractivity contribution in [2.75, 3.05) is 0 Å². The van der Waals surface area contributed by atoms with Crippen molar-refractivity contribution in [3.8, 4) is 11.4 Å². The smallest absolute Gasteiger partial charge is 0.338 e. The predicted octanol–water partition coefficient (Wildman–Crippen LogP) is 3.71. The Morgan fingerprint density at radius 2 is 1.86 bits per heavy atom. The summed E-state index contributed by atoms with van der Waals surface area (Å²) in [5, 5.41) is 14.2. The van der Waals surface area contributed by atoms with E-state index in [1.165, 1.54) is 22.3 Å². The molecule has 146 valence electrons. The van der Waals surface area contributed by atoms with Gasteiger partial charge in [0.15, 0.2) is 0 Å². The molecule has 2 heterocycles. The molecule has 0 aliphatic heterocycles. The molecular weight excluding hydrogens is 414 g/mol. The van der Waals surface area contributed by atoms with Crippen LogP contribution in [0, 0.1) is 0 Å². The Bertz CT molecular complexity index is 1080. The highest BCUT2D eigenvalue weighted by Crippen LogP contribution is 2.19. The Hall–Kier alpha value is -3.30. The second-order valence-electron chi connectivity index (χ2n) is 5.85. The monoisotopic (exact) mass is 427 g/mol. The number of carbonyl (C=O) groups excluding carboxylic acids is 1. The number of halogens is 1. The number of rotatable bonds is 7. The standard InChI is InChI=1S/C19H14ClN5O3S/c20-14-3-7-17(8-4-14)27-10-18-22-15(11-29-18)9-28-19(26)13-1-5-16(6-2-13)25-12-21-23-24-25/h1-8,11-12H,9-10H2. The zero-order valence-corrected chi connectivity index (χ0v) is 16.5. The van der Waals surface area contributed by atoms with E-state index in [2.05, 4.69) is 20.5 Å². The third kappa shape index (κ3) is 4.95. The third-order valence-electron chi connectivity index (χ3n) is 3.84. The zero-order valence-electron chi connectivity index (χ0n) is 14.9. The summed E-state index contributed by atoms with van der Waals surface area (Å²) in [6.45, 7) is 0.421. The van der Waals surface area contributed by atoms with E-state index in [0.717, 1.165) is 10.7 Å². The number of hydrogen-bond acceptors (Lipinski definition) is 8. The molecule has 0 fully saturated rings. The normalized spacial score (nSPS) is 10.7. The molecule has 0 saturated heterocycles. The molecule has 0 radical (unpaired) electrons. The van der Waals surface area contributed by atoms with Crippen LogP contribution in [0.2, 0.25) is 5.02 Å². The lowest BCUT2D eigenvalue weighted by molar-refractivity contribution is 0.0468. The number of hydrogen-bond donors (Lipinski definition) is 0. The molecule has 10 heteroatoms. The van der Waals surface area contributed by atoms with Crippen molar-refractivity contribution in [3.63, 3.8) is 0 Å². The van der Waals surface area contributed by atoms with E-state index in [1.807, 2.05) is 5.38 Å². The minimum absolute atomic E-state index is 0.0883. The lowest BCUT2D eigenvalue weighted by Crippen LogP contribution is -2.06. The number of benzene rings is 2. The van der Waals surface area contributed by atoms with Gasteiger partial charge in [-0.15, -0.1) is 16.4 Å². The van der Waals surface area contributed by atoms with Crippen LogP contribution < -0.4 is 4.74 Å². The van der Waals surface area contributed by atoms with E-state index in [1.54, 1.807) is 48.5 Å². The average molecular weight is 428 g/mol. The molecule has 2 aromatic heterocycles. The molecule has 0 saturated carbocycles. The van der Waals surface area contributed by atoms with Crippen molar-refractivity contribution in [2.24, 2.45) is 0 Å². The first-order valence-electron chi connectivity index (χ1n) is 8.49. The summed E-state index contributed by atoms with van der Waals surface area (Å²) in [4.78, 5) is 16.7. The number of tetrazole rings is 1. The summed E-state index contributed by atoms with van der Waals surface area (Å²) in [5.74, 6) is 0.280. The lowest BCUT2D eigenvalue weighted by Gasteiger charge is -2.05. The van der Waals surface area contributed by atoms with Gasteiger partial charge < -0.3 is 9.47 Å². The molecule has 4 rings (SSSR count). The van der Waals surface area contributed by atoms with Crippen molar-refractivity contribution in [3.05, 3.63) is 81.5 Å². The van der Waals surface area contributed by atoms with Gasteiger partial charge in [0.1, 0.15) is 30.3 Å². The third-order valence-corrected chi connectivity index (χ3v) is 4.97. The molecule has 0 bridgehead atoms. The van der Waals surface area contributed by atoms with Crippen LogP contribution in [0.3, 0.4) is 0 Å². The van der Waals surface area contributed by atoms with Crippen LogP contribution in [0.1, 0.15) is 21.1 Å². The van der Waals surface area contributed by atoms with Crippen molar-refractivity contribution in [1.82, 2.24) is 25.2 Å². The van der Waals surface area contributed by atoms with Gasteiger partial charge in [0.2, 0.25) is 0 Å². The van der Waals surface area contributed by atoms with Gasteiger partial charge in [0, 0.05) is 10.4 Å². The molecule has 0 atom stereocenters. The minimum Gasteiger partial charge on any atom is -0.486 e. The molecule has 0 unspecified atom stereocenters. The summed E-state index contributed by atoms with van der Waals surface area (Å²) in [6, 6.07) is 13.9. The summed E-state index contributed by atoms with van der Waals surface area (Å²) >= 11 is 7.30. The number of esters is 1. The lowest BCUT2D eigenvalue weighted by atomic mass is 10.2. The van der Waals surface area contributed by atoms with E-state index in [4.69, 9.17) is 21.1 Å². The fourth-order valence-electron chi connectivity index (χ4n) is 2.41. The maximum atomic E-state index is 12.2. The van der Waals surface area contributed by atoms with Gasteiger partial charge in [-0.05, 0) is 59.0 Å². The van der Waals surface area contributed by atoms with Crippen LogP contribution >= 0.6 is 22.9 Å². The largest absolute Gasteiger partial charge is 0.486 e. The summed E-state index contributed by atoms with van der Waals surface area (Å²) < 4.78 is 12.5. The van der Waals surface area contributed by atoms with Gasteiger partial charge in [0.25, 0.3) is 0 Å². The molecular formula is C19H14ClN5O3S. The second-order valence-corrected chi connectivity index (χ2v) is 7.23. The number of nitrogens with zero attached hydrogens (tertiary/aromatic N) is 5.